The third-order valence-electron chi connectivity index (χ3n) is 2.76. The number of imidazole rings is 1. The normalized spacial score (nSPS) is 11.6. The molecular formula is C10H13N7. The molecule has 0 saturated carbocycles. The van der Waals surface area contributed by atoms with Crippen molar-refractivity contribution in [2.45, 2.75) is 19.3 Å². The fraction of sp³-hybridized carbons (Fsp3) is 0.400. The van der Waals surface area contributed by atoms with E-state index in [0.29, 0.717) is 12.2 Å². The average molecular weight is 231 g/mol. The van der Waals surface area contributed by atoms with Gasteiger partial charge in [-0.25, -0.2) is 9.97 Å². The smallest absolute Gasteiger partial charge is 0.189 e. The van der Waals surface area contributed by atoms with Gasteiger partial charge in [0, 0.05) is 6.42 Å². The number of hydrogen-bond acceptors (Lipinski definition) is 5. The van der Waals surface area contributed by atoms with Gasteiger partial charge in [0.25, 0.3) is 0 Å². The number of aryl methyl sites for hydroxylation is 1. The predicted octanol–water partition coefficient (Wildman–Crippen LogP) is 0.282. The molecule has 0 bridgehead atoms. The van der Waals surface area contributed by atoms with Crippen LogP contribution in [0.3, 0.4) is 0 Å². The van der Waals surface area contributed by atoms with Crippen LogP contribution in [0.4, 0.5) is 0 Å². The highest BCUT2D eigenvalue weighted by Gasteiger charge is 2.10. The van der Waals surface area contributed by atoms with E-state index in [1.165, 1.54) is 0 Å². The van der Waals surface area contributed by atoms with Gasteiger partial charge in [0.15, 0.2) is 11.3 Å². The van der Waals surface area contributed by atoms with Gasteiger partial charge in [-0.3, -0.25) is 4.40 Å². The molecule has 0 aliphatic rings. The Labute approximate surface area is 97.1 Å². The first kappa shape index (κ1) is 10.2. The third kappa shape index (κ3) is 1.64. The first-order valence-corrected chi connectivity index (χ1v) is 5.62. The monoisotopic (exact) mass is 231 g/mol. The van der Waals surface area contributed by atoms with Crippen LogP contribution in [-0.2, 0) is 6.42 Å². The van der Waals surface area contributed by atoms with Crippen LogP contribution in [0.1, 0.15) is 18.7 Å². The van der Waals surface area contributed by atoms with Crippen LogP contribution in [0.2, 0.25) is 0 Å². The Hall–Kier alpha value is -2.02. The minimum atomic E-state index is 0.665. The van der Waals surface area contributed by atoms with Crippen molar-refractivity contribution in [3.05, 3.63) is 18.5 Å². The maximum atomic E-state index is 5.47. The number of hydrogen-bond donors (Lipinski definition) is 2. The first-order valence-electron chi connectivity index (χ1n) is 5.62. The Morgan fingerprint density at radius 3 is 3.06 bits per heavy atom. The fourth-order valence-corrected chi connectivity index (χ4v) is 1.88. The molecule has 0 atom stereocenters. The summed E-state index contributed by atoms with van der Waals surface area (Å²) in [6.07, 6.45) is 6.20. The second-order valence-corrected chi connectivity index (χ2v) is 3.90. The topological polar surface area (TPSA) is 97.8 Å². The van der Waals surface area contributed by atoms with Crippen molar-refractivity contribution in [3.63, 3.8) is 0 Å². The molecule has 7 heteroatoms. The van der Waals surface area contributed by atoms with Crippen LogP contribution in [0.15, 0.2) is 12.7 Å². The molecule has 0 aliphatic heterocycles. The van der Waals surface area contributed by atoms with E-state index in [1.807, 2.05) is 4.40 Å². The molecule has 0 fully saturated rings. The zero-order chi connectivity index (χ0) is 11.7. The van der Waals surface area contributed by atoms with Gasteiger partial charge in [0.2, 0.25) is 0 Å². The Balaban J connectivity index is 2.03. The van der Waals surface area contributed by atoms with Crippen molar-refractivity contribution in [2.24, 2.45) is 5.73 Å². The lowest BCUT2D eigenvalue weighted by Crippen LogP contribution is -2.01. The van der Waals surface area contributed by atoms with E-state index in [2.05, 4.69) is 25.1 Å². The summed E-state index contributed by atoms with van der Waals surface area (Å²) < 4.78 is 1.90. The molecule has 0 saturated heterocycles. The van der Waals surface area contributed by atoms with Gasteiger partial charge in [-0.05, 0) is 19.4 Å². The number of aromatic nitrogens is 6. The number of nitrogens with zero attached hydrogens (tertiary/aromatic N) is 5. The first-order chi connectivity index (χ1) is 8.40. The Bertz CT molecular complexity index is 638. The Morgan fingerprint density at radius 1 is 1.24 bits per heavy atom. The van der Waals surface area contributed by atoms with Crippen LogP contribution in [0.5, 0.6) is 0 Å². The highest BCUT2D eigenvalue weighted by molar-refractivity contribution is 5.84. The molecule has 0 aliphatic carbocycles. The number of nitrogens with one attached hydrogen (secondary N) is 1. The van der Waals surface area contributed by atoms with E-state index in [0.717, 1.165) is 36.3 Å². The number of H-pyrrole nitrogens is 1. The molecule has 7 nitrogen and oxygen atoms in total. The van der Waals surface area contributed by atoms with Gasteiger partial charge in [-0.1, -0.05) is 0 Å². The largest absolute Gasteiger partial charge is 0.340 e. The van der Waals surface area contributed by atoms with Crippen molar-refractivity contribution in [1.29, 1.82) is 0 Å². The van der Waals surface area contributed by atoms with Crippen LogP contribution in [-0.4, -0.2) is 36.1 Å². The van der Waals surface area contributed by atoms with Crippen LogP contribution in [0.25, 0.3) is 16.8 Å². The zero-order valence-electron chi connectivity index (χ0n) is 9.30. The van der Waals surface area contributed by atoms with Crippen molar-refractivity contribution < 1.29 is 0 Å². The number of fused-ring (bicyclic) bond motifs is 3. The van der Waals surface area contributed by atoms with Gasteiger partial charge in [-0.15, -0.1) is 10.2 Å². The van der Waals surface area contributed by atoms with Gasteiger partial charge in [0.05, 0.1) is 6.33 Å². The lowest BCUT2D eigenvalue weighted by Gasteiger charge is -1.98. The summed E-state index contributed by atoms with van der Waals surface area (Å²) in [5.41, 5.74) is 7.74. The minimum Gasteiger partial charge on any atom is -0.340 e. The molecule has 0 aromatic carbocycles. The molecule has 0 amide bonds. The molecule has 0 spiro atoms. The highest BCUT2D eigenvalue weighted by Crippen LogP contribution is 2.13. The molecular weight excluding hydrogens is 218 g/mol. The van der Waals surface area contributed by atoms with E-state index >= 15 is 0 Å². The van der Waals surface area contributed by atoms with Crippen molar-refractivity contribution in [1.82, 2.24) is 29.5 Å². The molecule has 17 heavy (non-hydrogen) atoms. The molecule has 3 N–H and O–H groups in total. The van der Waals surface area contributed by atoms with Gasteiger partial charge in [-0.2, -0.15) is 0 Å². The van der Waals surface area contributed by atoms with E-state index in [9.17, 15) is 0 Å². The summed E-state index contributed by atoms with van der Waals surface area (Å²) in [6.45, 7) is 0.708. The van der Waals surface area contributed by atoms with Gasteiger partial charge in [0.1, 0.15) is 17.7 Å². The van der Waals surface area contributed by atoms with Gasteiger partial charge >= 0.3 is 0 Å². The molecule has 3 aromatic heterocycles. The van der Waals surface area contributed by atoms with E-state index in [4.69, 9.17) is 5.73 Å². The SMILES string of the molecule is NCCCCc1nnc2c3[nH]cnc3ncn12. The number of unbranched alkanes of at least 4 members (excludes halogenated alkanes) is 1. The molecule has 0 unspecified atom stereocenters. The summed E-state index contributed by atoms with van der Waals surface area (Å²) >= 11 is 0. The molecule has 3 aromatic rings. The number of aromatic amines is 1. The second kappa shape index (κ2) is 4.10. The van der Waals surface area contributed by atoms with E-state index in [1.54, 1.807) is 12.7 Å². The summed E-state index contributed by atoms with van der Waals surface area (Å²) in [5.74, 6) is 0.914. The Kier molecular flexibility index (Phi) is 2.45. The second-order valence-electron chi connectivity index (χ2n) is 3.90. The summed E-state index contributed by atoms with van der Waals surface area (Å²) in [4.78, 5) is 11.4. The van der Waals surface area contributed by atoms with Gasteiger partial charge < -0.3 is 10.7 Å². The summed E-state index contributed by atoms with van der Waals surface area (Å²) in [7, 11) is 0. The van der Waals surface area contributed by atoms with Crippen LogP contribution in [0, 0.1) is 0 Å². The predicted molar refractivity (Wildman–Crippen MR) is 62.4 cm³/mol. The molecule has 3 rings (SSSR count). The highest BCUT2D eigenvalue weighted by atomic mass is 15.3. The molecule has 0 radical (unpaired) electrons. The van der Waals surface area contributed by atoms with Crippen LogP contribution < -0.4 is 5.73 Å². The maximum absolute atomic E-state index is 5.47. The van der Waals surface area contributed by atoms with Crippen molar-refractivity contribution in [3.8, 4) is 0 Å². The van der Waals surface area contributed by atoms with Crippen LogP contribution >= 0.6 is 0 Å². The zero-order valence-corrected chi connectivity index (χ0v) is 9.30. The van der Waals surface area contributed by atoms with Crippen molar-refractivity contribution >= 4 is 16.8 Å². The number of nitrogens with two attached hydrogens (primary N) is 1. The maximum Gasteiger partial charge on any atom is 0.189 e. The standard InChI is InChI=1S/C10H13N7/c11-4-2-1-3-7-15-16-10-8-9(13-5-12-8)14-6-17(7)10/h5-6H,1-4,11H2,(H,12,13). The Morgan fingerprint density at radius 2 is 2.18 bits per heavy atom. The number of rotatable bonds is 4. The lowest BCUT2D eigenvalue weighted by atomic mass is 10.2. The average Bonchev–Trinajstić information content (AvgIpc) is 2.94. The van der Waals surface area contributed by atoms with E-state index < -0.39 is 0 Å². The summed E-state index contributed by atoms with van der Waals surface area (Å²) in [6, 6.07) is 0. The summed E-state index contributed by atoms with van der Waals surface area (Å²) in [5, 5.41) is 8.35. The van der Waals surface area contributed by atoms with E-state index in [-0.39, 0.29) is 0 Å². The molecule has 3 heterocycles. The minimum absolute atomic E-state index is 0.665. The lowest BCUT2D eigenvalue weighted by molar-refractivity contribution is 0.708. The molecule has 88 valence electrons. The fourth-order valence-electron chi connectivity index (χ4n) is 1.88. The third-order valence-corrected chi connectivity index (χ3v) is 2.76. The quantitative estimate of drug-likeness (QED) is 0.628. The van der Waals surface area contributed by atoms with Crippen molar-refractivity contribution in [2.75, 3.05) is 6.54 Å².